The molecule has 1 rings (SSSR count). The van der Waals surface area contributed by atoms with Crippen molar-refractivity contribution in [2.24, 2.45) is 11.1 Å². The number of likely N-dealkylation sites (N-methyl/N-ethyl adjacent to an activating group) is 1. The molecule has 0 aliphatic heterocycles. The zero-order valence-electron chi connectivity index (χ0n) is 9.56. The highest BCUT2D eigenvalue weighted by Crippen LogP contribution is 2.41. The molecule has 2 nitrogen and oxygen atoms in total. The number of rotatable bonds is 2. The average molecular weight is 184 g/mol. The van der Waals surface area contributed by atoms with Crippen molar-refractivity contribution < 1.29 is 0 Å². The third kappa shape index (κ3) is 2.23. The van der Waals surface area contributed by atoms with E-state index in [0.717, 1.165) is 6.54 Å². The molecule has 0 unspecified atom stereocenters. The third-order valence-corrected chi connectivity index (χ3v) is 3.86. The third-order valence-electron chi connectivity index (χ3n) is 3.86. The highest BCUT2D eigenvalue weighted by atomic mass is 15.2. The molecule has 0 aromatic heterocycles. The van der Waals surface area contributed by atoms with Crippen LogP contribution in [0.4, 0.5) is 0 Å². The smallest absolute Gasteiger partial charge is 0.0326 e. The molecule has 0 amide bonds. The molecule has 0 radical (unpaired) electrons. The van der Waals surface area contributed by atoms with E-state index in [1.807, 2.05) is 0 Å². The van der Waals surface area contributed by atoms with Crippen molar-refractivity contribution in [2.75, 3.05) is 20.6 Å². The number of nitrogens with zero attached hydrogens (tertiary/aromatic N) is 1. The second kappa shape index (κ2) is 3.58. The fourth-order valence-electron chi connectivity index (χ4n) is 2.23. The van der Waals surface area contributed by atoms with Gasteiger partial charge in [-0.1, -0.05) is 13.8 Å². The molecule has 0 aromatic rings. The van der Waals surface area contributed by atoms with Gasteiger partial charge in [0.25, 0.3) is 0 Å². The molecular formula is C11H24N2. The van der Waals surface area contributed by atoms with Crippen molar-refractivity contribution in [3.63, 3.8) is 0 Å². The van der Waals surface area contributed by atoms with E-state index in [-0.39, 0.29) is 5.54 Å². The second-order valence-corrected chi connectivity index (χ2v) is 5.49. The minimum absolute atomic E-state index is 0.287. The van der Waals surface area contributed by atoms with Gasteiger partial charge in [-0.25, -0.2) is 0 Å². The molecular weight excluding hydrogens is 160 g/mol. The fraction of sp³-hybridized carbons (Fsp3) is 1.00. The van der Waals surface area contributed by atoms with Crippen molar-refractivity contribution in [1.29, 1.82) is 0 Å². The molecule has 2 heteroatoms. The van der Waals surface area contributed by atoms with Crippen LogP contribution >= 0.6 is 0 Å². The largest absolute Gasteiger partial charge is 0.329 e. The van der Waals surface area contributed by atoms with E-state index < -0.39 is 0 Å². The average Bonchev–Trinajstić information content (AvgIpc) is 2.05. The van der Waals surface area contributed by atoms with Gasteiger partial charge in [0.2, 0.25) is 0 Å². The predicted octanol–water partition coefficient (Wildman–Crippen LogP) is 1.85. The monoisotopic (exact) mass is 184 g/mol. The zero-order valence-corrected chi connectivity index (χ0v) is 9.56. The Morgan fingerprint density at radius 3 is 1.85 bits per heavy atom. The van der Waals surface area contributed by atoms with Crippen molar-refractivity contribution in [3.05, 3.63) is 0 Å². The van der Waals surface area contributed by atoms with Crippen LogP contribution in [0.5, 0.6) is 0 Å². The first-order chi connectivity index (χ1) is 5.92. The van der Waals surface area contributed by atoms with Crippen LogP contribution in [0.1, 0.15) is 39.5 Å². The summed E-state index contributed by atoms with van der Waals surface area (Å²) in [6, 6.07) is 0. The maximum Gasteiger partial charge on any atom is 0.0326 e. The van der Waals surface area contributed by atoms with E-state index in [9.17, 15) is 0 Å². The summed E-state index contributed by atoms with van der Waals surface area (Å²) in [6.07, 6.45) is 5.12. The summed E-state index contributed by atoms with van der Waals surface area (Å²) >= 11 is 0. The maximum atomic E-state index is 5.89. The van der Waals surface area contributed by atoms with Crippen molar-refractivity contribution in [3.8, 4) is 0 Å². The van der Waals surface area contributed by atoms with E-state index in [4.69, 9.17) is 5.73 Å². The standard InChI is InChI=1S/C11H24N2/c1-10(2)5-7-11(9-12,8-6-10)13(3)4/h5-9,12H2,1-4H3. The molecule has 2 N–H and O–H groups in total. The second-order valence-electron chi connectivity index (χ2n) is 5.49. The Morgan fingerprint density at radius 2 is 1.54 bits per heavy atom. The van der Waals surface area contributed by atoms with Crippen LogP contribution in [0, 0.1) is 5.41 Å². The van der Waals surface area contributed by atoms with Gasteiger partial charge in [0.1, 0.15) is 0 Å². The highest BCUT2D eigenvalue weighted by Gasteiger charge is 2.38. The Bertz CT molecular complexity index is 163. The Balaban J connectivity index is 2.63. The summed E-state index contributed by atoms with van der Waals surface area (Å²) in [5.41, 5.74) is 6.71. The normalized spacial score (nSPS) is 26.3. The minimum Gasteiger partial charge on any atom is -0.329 e. The van der Waals surface area contributed by atoms with E-state index in [1.54, 1.807) is 0 Å². The van der Waals surface area contributed by atoms with Gasteiger partial charge in [0.05, 0.1) is 0 Å². The molecule has 1 saturated carbocycles. The van der Waals surface area contributed by atoms with Gasteiger partial charge >= 0.3 is 0 Å². The van der Waals surface area contributed by atoms with Gasteiger partial charge in [-0.05, 0) is 45.2 Å². The predicted molar refractivity (Wildman–Crippen MR) is 57.7 cm³/mol. The Kier molecular flexibility index (Phi) is 3.03. The van der Waals surface area contributed by atoms with Gasteiger partial charge in [-0.15, -0.1) is 0 Å². The minimum atomic E-state index is 0.287. The molecule has 0 atom stereocenters. The summed E-state index contributed by atoms with van der Waals surface area (Å²) in [6.45, 7) is 5.53. The van der Waals surface area contributed by atoms with Crippen molar-refractivity contribution in [2.45, 2.75) is 45.1 Å². The van der Waals surface area contributed by atoms with Gasteiger partial charge in [0.15, 0.2) is 0 Å². The topological polar surface area (TPSA) is 29.3 Å². The molecule has 1 aliphatic carbocycles. The van der Waals surface area contributed by atoms with Gasteiger partial charge in [0, 0.05) is 12.1 Å². The van der Waals surface area contributed by atoms with Crippen LogP contribution in [0.25, 0.3) is 0 Å². The maximum absolute atomic E-state index is 5.89. The number of hydrogen-bond donors (Lipinski definition) is 1. The lowest BCUT2D eigenvalue weighted by Crippen LogP contribution is -2.53. The lowest BCUT2D eigenvalue weighted by atomic mass is 9.69. The summed E-state index contributed by atoms with van der Waals surface area (Å²) < 4.78 is 0. The lowest BCUT2D eigenvalue weighted by molar-refractivity contribution is 0.0596. The molecule has 0 saturated heterocycles. The van der Waals surface area contributed by atoms with Gasteiger partial charge in [-0.2, -0.15) is 0 Å². The Hall–Kier alpha value is -0.0800. The molecule has 0 bridgehead atoms. The summed E-state index contributed by atoms with van der Waals surface area (Å²) in [5, 5.41) is 0. The van der Waals surface area contributed by atoms with Crippen LogP contribution in [0.3, 0.4) is 0 Å². The van der Waals surface area contributed by atoms with Crippen LogP contribution < -0.4 is 5.73 Å². The fourth-order valence-corrected chi connectivity index (χ4v) is 2.23. The first-order valence-electron chi connectivity index (χ1n) is 5.29. The van der Waals surface area contributed by atoms with Crippen molar-refractivity contribution in [1.82, 2.24) is 4.90 Å². The zero-order chi connectivity index (χ0) is 10.1. The summed E-state index contributed by atoms with van der Waals surface area (Å²) in [5.74, 6) is 0. The first kappa shape index (κ1) is 11.0. The molecule has 0 spiro atoms. The van der Waals surface area contributed by atoms with Crippen LogP contribution in [-0.4, -0.2) is 31.1 Å². The Morgan fingerprint density at radius 1 is 1.08 bits per heavy atom. The molecule has 1 aliphatic rings. The summed E-state index contributed by atoms with van der Waals surface area (Å²) in [4.78, 5) is 2.32. The van der Waals surface area contributed by atoms with E-state index in [1.165, 1.54) is 25.7 Å². The van der Waals surface area contributed by atoms with Crippen molar-refractivity contribution >= 4 is 0 Å². The molecule has 78 valence electrons. The van der Waals surface area contributed by atoms with Crippen LogP contribution in [-0.2, 0) is 0 Å². The first-order valence-corrected chi connectivity index (χ1v) is 5.29. The molecule has 1 fully saturated rings. The van der Waals surface area contributed by atoms with Crippen LogP contribution in [0.15, 0.2) is 0 Å². The quantitative estimate of drug-likeness (QED) is 0.709. The lowest BCUT2D eigenvalue weighted by Gasteiger charge is -2.47. The molecule has 0 aromatic carbocycles. The summed E-state index contributed by atoms with van der Waals surface area (Å²) in [7, 11) is 4.32. The van der Waals surface area contributed by atoms with Gasteiger partial charge in [-0.3, -0.25) is 0 Å². The highest BCUT2D eigenvalue weighted by molar-refractivity contribution is 4.95. The molecule has 0 heterocycles. The number of hydrogen-bond acceptors (Lipinski definition) is 2. The SMILES string of the molecule is CN(C)C1(CN)CCC(C)(C)CC1. The van der Waals surface area contributed by atoms with Crippen LogP contribution in [0.2, 0.25) is 0 Å². The van der Waals surface area contributed by atoms with E-state index in [0.29, 0.717) is 5.41 Å². The number of nitrogens with two attached hydrogens (primary N) is 1. The molecule has 13 heavy (non-hydrogen) atoms. The van der Waals surface area contributed by atoms with E-state index in [2.05, 4.69) is 32.8 Å². The van der Waals surface area contributed by atoms with Gasteiger partial charge < -0.3 is 10.6 Å². The van der Waals surface area contributed by atoms with E-state index >= 15 is 0 Å². The Labute approximate surface area is 82.5 Å².